The molecule has 0 saturated carbocycles. The summed E-state index contributed by atoms with van der Waals surface area (Å²) in [6.45, 7) is 1.90. The lowest BCUT2D eigenvalue weighted by molar-refractivity contribution is -0.149. The van der Waals surface area contributed by atoms with E-state index in [2.05, 4.69) is 15.0 Å². The third kappa shape index (κ3) is 3.71. The van der Waals surface area contributed by atoms with E-state index < -0.39 is 18.0 Å². The number of methoxy groups -OCH3 is 1. The van der Waals surface area contributed by atoms with Gasteiger partial charge in [0.2, 0.25) is 0 Å². The van der Waals surface area contributed by atoms with Crippen LogP contribution in [0.2, 0.25) is 0 Å². The molecule has 0 fully saturated rings. The first-order chi connectivity index (χ1) is 10.1. The lowest BCUT2D eigenvalue weighted by Gasteiger charge is -2.14. The highest BCUT2D eigenvalue weighted by molar-refractivity contribution is 5.85. The zero-order chi connectivity index (χ0) is 15.2. The van der Waals surface area contributed by atoms with Gasteiger partial charge in [0.15, 0.2) is 5.58 Å². The zero-order valence-electron chi connectivity index (χ0n) is 11.8. The summed E-state index contributed by atoms with van der Waals surface area (Å²) in [6, 6.07) is 6.42. The van der Waals surface area contributed by atoms with Crippen molar-refractivity contribution < 1.29 is 23.5 Å². The molecule has 7 nitrogen and oxygen atoms in total. The molecule has 21 heavy (non-hydrogen) atoms. The van der Waals surface area contributed by atoms with Crippen LogP contribution >= 0.6 is 0 Å². The van der Waals surface area contributed by atoms with Crippen LogP contribution < -0.4 is 5.32 Å². The normalized spacial score (nSPS) is 11.9. The fraction of sp³-hybridized carbons (Fsp3) is 0.357. The molecule has 112 valence electrons. The molecule has 0 unspecified atom stereocenters. The maximum absolute atomic E-state index is 11.9. The van der Waals surface area contributed by atoms with Gasteiger partial charge < -0.3 is 19.2 Å². The first-order valence-electron chi connectivity index (χ1n) is 6.49. The van der Waals surface area contributed by atoms with Gasteiger partial charge in [-0.3, -0.25) is 4.79 Å². The van der Waals surface area contributed by atoms with Crippen LogP contribution in [0.15, 0.2) is 28.7 Å². The monoisotopic (exact) mass is 292 g/mol. The number of carbonyl (C=O) groups excluding carboxylic acids is 2. The maximum atomic E-state index is 11.9. The van der Waals surface area contributed by atoms with Gasteiger partial charge in [-0.1, -0.05) is 12.1 Å². The Morgan fingerprint density at radius 2 is 2.14 bits per heavy atom. The third-order valence-electron chi connectivity index (χ3n) is 2.76. The summed E-state index contributed by atoms with van der Waals surface area (Å²) < 4.78 is 14.9. The highest BCUT2D eigenvalue weighted by atomic mass is 16.5. The minimum atomic E-state index is -0.912. The summed E-state index contributed by atoms with van der Waals surface area (Å²) in [5.74, 6) is -1.10. The van der Waals surface area contributed by atoms with Crippen molar-refractivity contribution in [3.8, 4) is 0 Å². The molecular formula is C14H16N2O5. The van der Waals surface area contributed by atoms with Crippen molar-refractivity contribution in [1.82, 2.24) is 4.98 Å². The fourth-order valence-corrected chi connectivity index (χ4v) is 1.77. The number of esters is 2. The molecule has 0 saturated heterocycles. The molecule has 0 aliphatic heterocycles. The van der Waals surface area contributed by atoms with Crippen LogP contribution in [-0.2, 0) is 19.1 Å². The molecular weight excluding hydrogens is 276 g/mol. The molecule has 7 heteroatoms. The van der Waals surface area contributed by atoms with Crippen LogP contribution in [-0.4, -0.2) is 36.7 Å². The van der Waals surface area contributed by atoms with Crippen molar-refractivity contribution >= 4 is 29.1 Å². The Morgan fingerprint density at radius 1 is 1.38 bits per heavy atom. The summed E-state index contributed by atoms with van der Waals surface area (Å²) in [4.78, 5) is 27.4. The number of nitrogens with zero attached hydrogens (tertiary/aromatic N) is 1. The molecule has 0 bridgehead atoms. The van der Waals surface area contributed by atoms with Crippen molar-refractivity contribution in [2.75, 3.05) is 19.0 Å². The molecule has 1 aromatic heterocycles. The number of nitrogens with one attached hydrogen (secondary N) is 1. The van der Waals surface area contributed by atoms with E-state index in [1.807, 2.05) is 12.1 Å². The van der Waals surface area contributed by atoms with Gasteiger partial charge in [0.1, 0.15) is 11.6 Å². The predicted octanol–water partition coefficient (Wildman–Crippen LogP) is 1.73. The lowest BCUT2D eigenvalue weighted by Crippen LogP contribution is -2.34. The maximum Gasteiger partial charge on any atom is 0.329 e. The number of fused-ring (bicyclic) bond motifs is 1. The van der Waals surface area contributed by atoms with Gasteiger partial charge in [-0.25, -0.2) is 4.79 Å². The molecule has 2 rings (SSSR count). The Labute approximate surface area is 121 Å². The van der Waals surface area contributed by atoms with Gasteiger partial charge in [0.05, 0.1) is 20.1 Å². The summed E-state index contributed by atoms with van der Waals surface area (Å²) in [5, 5.41) is 2.77. The molecule has 0 aliphatic rings. The van der Waals surface area contributed by atoms with Crippen LogP contribution in [0.5, 0.6) is 0 Å². The molecule has 0 radical (unpaired) electrons. The first kappa shape index (κ1) is 14.8. The first-order valence-corrected chi connectivity index (χ1v) is 6.49. The van der Waals surface area contributed by atoms with E-state index in [0.717, 1.165) is 0 Å². The zero-order valence-corrected chi connectivity index (χ0v) is 11.8. The molecule has 1 heterocycles. The number of carbonyl (C=O) groups is 2. The second kappa shape index (κ2) is 6.74. The van der Waals surface area contributed by atoms with Gasteiger partial charge >= 0.3 is 11.9 Å². The smallest absolute Gasteiger partial charge is 0.329 e. The van der Waals surface area contributed by atoms with Crippen molar-refractivity contribution in [3.05, 3.63) is 24.3 Å². The average Bonchev–Trinajstić information content (AvgIpc) is 2.88. The van der Waals surface area contributed by atoms with E-state index >= 15 is 0 Å². The molecule has 0 amide bonds. The highest BCUT2D eigenvalue weighted by Crippen LogP contribution is 2.19. The standard InChI is InChI=1S/C14H16N2O5/c1-3-20-13(18)10(8-12(17)19-2)16-14-15-9-6-4-5-7-11(9)21-14/h4-7,10H,3,8H2,1-2H3,(H,15,16)/t10-/m1/s1. The van der Waals surface area contributed by atoms with Crippen molar-refractivity contribution in [1.29, 1.82) is 0 Å². The topological polar surface area (TPSA) is 90.7 Å². The second-order valence-electron chi connectivity index (χ2n) is 4.22. The van der Waals surface area contributed by atoms with Crippen LogP contribution in [0.25, 0.3) is 11.1 Å². The number of para-hydroxylation sites is 2. The Morgan fingerprint density at radius 3 is 2.81 bits per heavy atom. The number of benzene rings is 1. The SMILES string of the molecule is CCOC(=O)[C@@H](CC(=O)OC)Nc1nc2ccccc2o1. The lowest BCUT2D eigenvalue weighted by atomic mass is 10.2. The molecule has 1 atom stereocenters. The molecule has 2 aromatic rings. The number of anilines is 1. The van der Waals surface area contributed by atoms with Crippen molar-refractivity contribution in [2.45, 2.75) is 19.4 Å². The number of rotatable bonds is 6. The molecule has 0 spiro atoms. The van der Waals surface area contributed by atoms with E-state index in [9.17, 15) is 9.59 Å². The Bertz CT molecular complexity index is 604. The van der Waals surface area contributed by atoms with Crippen molar-refractivity contribution in [3.63, 3.8) is 0 Å². The average molecular weight is 292 g/mol. The van der Waals surface area contributed by atoms with E-state index in [1.54, 1.807) is 19.1 Å². The van der Waals surface area contributed by atoms with Gasteiger partial charge in [0.25, 0.3) is 6.01 Å². The van der Waals surface area contributed by atoms with E-state index in [4.69, 9.17) is 9.15 Å². The van der Waals surface area contributed by atoms with E-state index in [0.29, 0.717) is 11.1 Å². The van der Waals surface area contributed by atoms with Crippen LogP contribution in [0, 0.1) is 0 Å². The predicted molar refractivity (Wildman–Crippen MR) is 74.7 cm³/mol. The van der Waals surface area contributed by atoms with Gasteiger partial charge in [-0.2, -0.15) is 4.98 Å². The molecule has 0 aliphatic carbocycles. The van der Waals surface area contributed by atoms with E-state index in [-0.39, 0.29) is 19.0 Å². The summed E-state index contributed by atoms with van der Waals surface area (Å²) in [6.07, 6.45) is -0.173. The number of oxazole rings is 1. The molecule has 1 N–H and O–H groups in total. The largest absolute Gasteiger partial charge is 0.469 e. The summed E-state index contributed by atoms with van der Waals surface area (Å²) >= 11 is 0. The fourth-order valence-electron chi connectivity index (χ4n) is 1.77. The highest BCUT2D eigenvalue weighted by Gasteiger charge is 2.25. The Balaban J connectivity index is 2.16. The number of aromatic nitrogens is 1. The van der Waals surface area contributed by atoms with Crippen LogP contribution in [0.1, 0.15) is 13.3 Å². The Kier molecular flexibility index (Phi) is 4.76. The van der Waals surface area contributed by atoms with Gasteiger partial charge in [-0.05, 0) is 19.1 Å². The number of ether oxygens (including phenoxy) is 2. The summed E-state index contributed by atoms with van der Waals surface area (Å²) in [5.41, 5.74) is 1.24. The Hall–Kier alpha value is -2.57. The molecule has 1 aromatic carbocycles. The minimum absolute atomic E-state index is 0.151. The third-order valence-corrected chi connectivity index (χ3v) is 2.76. The number of hydrogen-bond acceptors (Lipinski definition) is 7. The summed E-state index contributed by atoms with van der Waals surface area (Å²) in [7, 11) is 1.25. The second-order valence-corrected chi connectivity index (χ2v) is 4.22. The van der Waals surface area contributed by atoms with Crippen LogP contribution in [0.4, 0.5) is 6.01 Å². The van der Waals surface area contributed by atoms with E-state index in [1.165, 1.54) is 7.11 Å². The van der Waals surface area contributed by atoms with Crippen LogP contribution in [0.3, 0.4) is 0 Å². The quantitative estimate of drug-likeness (QED) is 0.811. The van der Waals surface area contributed by atoms with Gasteiger partial charge in [0, 0.05) is 0 Å². The number of hydrogen-bond donors (Lipinski definition) is 1. The van der Waals surface area contributed by atoms with Gasteiger partial charge in [-0.15, -0.1) is 0 Å². The van der Waals surface area contributed by atoms with Crippen molar-refractivity contribution in [2.24, 2.45) is 0 Å². The minimum Gasteiger partial charge on any atom is -0.469 e.